The van der Waals surface area contributed by atoms with E-state index in [2.05, 4.69) is 5.32 Å². The van der Waals surface area contributed by atoms with Gasteiger partial charge in [0.15, 0.2) is 0 Å². The lowest BCUT2D eigenvalue weighted by Crippen LogP contribution is -2.39. The molecule has 0 aromatic heterocycles. The molecule has 21 heavy (non-hydrogen) atoms. The maximum atomic E-state index is 12.5. The summed E-state index contributed by atoms with van der Waals surface area (Å²) in [5, 5.41) is 14.0. The summed E-state index contributed by atoms with van der Waals surface area (Å²) in [5.41, 5.74) is -0.219. The topological polar surface area (TPSA) is 92.6 Å². The summed E-state index contributed by atoms with van der Waals surface area (Å²) in [6.07, 6.45) is 2.02. The average Bonchev–Trinajstić information content (AvgIpc) is 2.48. The lowest BCUT2D eigenvalue weighted by molar-refractivity contribution is -0.385. The van der Waals surface area contributed by atoms with Crippen LogP contribution in [0, 0.1) is 16.0 Å². The minimum atomic E-state index is -3.69. The van der Waals surface area contributed by atoms with Gasteiger partial charge in [0, 0.05) is 25.7 Å². The van der Waals surface area contributed by atoms with E-state index in [1.165, 1.54) is 29.6 Å². The van der Waals surface area contributed by atoms with Crippen molar-refractivity contribution in [3.63, 3.8) is 0 Å². The number of benzene rings is 1. The molecule has 8 heteroatoms. The van der Waals surface area contributed by atoms with E-state index >= 15 is 0 Å². The van der Waals surface area contributed by atoms with Crippen molar-refractivity contribution in [2.24, 2.45) is 5.92 Å². The highest BCUT2D eigenvalue weighted by Crippen LogP contribution is 2.22. The highest BCUT2D eigenvalue weighted by molar-refractivity contribution is 7.89. The number of non-ortho nitro benzene ring substituents is 1. The van der Waals surface area contributed by atoms with Crippen molar-refractivity contribution in [1.82, 2.24) is 9.62 Å². The van der Waals surface area contributed by atoms with E-state index in [-0.39, 0.29) is 16.5 Å². The van der Waals surface area contributed by atoms with Gasteiger partial charge in [0.2, 0.25) is 10.0 Å². The molecule has 116 valence electrons. The molecule has 1 saturated heterocycles. The second kappa shape index (κ2) is 6.50. The van der Waals surface area contributed by atoms with Gasteiger partial charge in [-0.15, -0.1) is 0 Å². The monoisotopic (exact) mass is 313 g/mol. The van der Waals surface area contributed by atoms with Crippen LogP contribution in [0.2, 0.25) is 0 Å². The van der Waals surface area contributed by atoms with Crippen molar-refractivity contribution in [3.05, 3.63) is 34.4 Å². The fraction of sp³-hybridized carbons (Fsp3) is 0.538. The van der Waals surface area contributed by atoms with Gasteiger partial charge < -0.3 is 5.32 Å². The predicted molar refractivity (Wildman–Crippen MR) is 78.5 cm³/mol. The minimum Gasteiger partial charge on any atom is -0.316 e. The van der Waals surface area contributed by atoms with Gasteiger partial charge in [-0.25, -0.2) is 12.7 Å². The highest BCUT2D eigenvalue weighted by atomic mass is 32.2. The van der Waals surface area contributed by atoms with Crippen molar-refractivity contribution in [2.45, 2.75) is 17.7 Å². The van der Waals surface area contributed by atoms with E-state index in [9.17, 15) is 18.5 Å². The molecular formula is C13H19N3O4S. The lowest BCUT2D eigenvalue weighted by atomic mass is 10.00. The van der Waals surface area contributed by atoms with Gasteiger partial charge in [0.05, 0.1) is 9.82 Å². The predicted octanol–water partition coefficient (Wildman–Crippen LogP) is 1.21. The van der Waals surface area contributed by atoms with Gasteiger partial charge >= 0.3 is 0 Å². The maximum Gasteiger partial charge on any atom is 0.270 e. The van der Waals surface area contributed by atoms with E-state index in [0.717, 1.165) is 32.0 Å². The molecule has 1 aliphatic rings. The summed E-state index contributed by atoms with van der Waals surface area (Å²) in [5.74, 6) is 0.275. The second-order valence-electron chi connectivity index (χ2n) is 5.25. The van der Waals surface area contributed by atoms with Gasteiger partial charge in [-0.2, -0.15) is 0 Å². The minimum absolute atomic E-state index is 0.0389. The number of nitro benzene ring substituents is 1. The van der Waals surface area contributed by atoms with Crippen LogP contribution in [0.1, 0.15) is 12.8 Å². The average molecular weight is 313 g/mol. The van der Waals surface area contributed by atoms with E-state index in [1.54, 1.807) is 0 Å². The zero-order chi connectivity index (χ0) is 15.5. The molecule has 7 nitrogen and oxygen atoms in total. The molecule has 1 fully saturated rings. The van der Waals surface area contributed by atoms with E-state index in [1.807, 2.05) is 0 Å². The molecule has 2 rings (SSSR count). The van der Waals surface area contributed by atoms with Crippen LogP contribution < -0.4 is 5.32 Å². The zero-order valence-corrected chi connectivity index (χ0v) is 12.7. The van der Waals surface area contributed by atoms with Crippen LogP contribution in [0.4, 0.5) is 5.69 Å². The van der Waals surface area contributed by atoms with Crippen LogP contribution in [0.3, 0.4) is 0 Å². The first kappa shape index (κ1) is 15.9. The largest absolute Gasteiger partial charge is 0.316 e. The van der Waals surface area contributed by atoms with Gasteiger partial charge in [0.1, 0.15) is 0 Å². The number of rotatable bonds is 5. The summed E-state index contributed by atoms with van der Waals surface area (Å²) in [6.45, 7) is 2.19. The molecule has 1 unspecified atom stereocenters. The molecule has 0 saturated carbocycles. The van der Waals surface area contributed by atoms with Gasteiger partial charge in [-0.05, 0) is 37.9 Å². The molecular weight excluding hydrogens is 294 g/mol. The number of nitrogens with zero attached hydrogens (tertiary/aromatic N) is 2. The van der Waals surface area contributed by atoms with Crippen LogP contribution in [-0.2, 0) is 10.0 Å². The molecule has 0 radical (unpaired) electrons. The number of piperidine rings is 1. The summed E-state index contributed by atoms with van der Waals surface area (Å²) in [6, 6.07) is 5.16. The molecule has 1 aliphatic heterocycles. The molecule has 1 atom stereocenters. The zero-order valence-electron chi connectivity index (χ0n) is 11.9. The van der Waals surface area contributed by atoms with Crippen molar-refractivity contribution in [3.8, 4) is 0 Å². The Morgan fingerprint density at radius 1 is 1.48 bits per heavy atom. The molecule has 0 amide bonds. The van der Waals surface area contributed by atoms with Gasteiger partial charge in [-0.3, -0.25) is 10.1 Å². The molecule has 0 bridgehead atoms. The number of nitro groups is 1. The van der Waals surface area contributed by atoms with Crippen molar-refractivity contribution >= 4 is 15.7 Å². The highest BCUT2D eigenvalue weighted by Gasteiger charge is 2.26. The Labute approximate surface area is 124 Å². The van der Waals surface area contributed by atoms with E-state index < -0.39 is 14.9 Å². The smallest absolute Gasteiger partial charge is 0.270 e. The Morgan fingerprint density at radius 3 is 2.86 bits per heavy atom. The quantitative estimate of drug-likeness (QED) is 0.651. The second-order valence-corrected chi connectivity index (χ2v) is 7.30. The molecule has 1 aromatic carbocycles. The van der Waals surface area contributed by atoms with Gasteiger partial charge in [0.25, 0.3) is 5.69 Å². The molecule has 0 spiro atoms. The first-order valence-corrected chi connectivity index (χ1v) is 8.27. The van der Waals surface area contributed by atoms with Crippen LogP contribution in [0.15, 0.2) is 29.2 Å². The van der Waals surface area contributed by atoms with E-state index in [4.69, 9.17) is 0 Å². The Bertz CT molecular complexity index is 612. The Balaban J connectivity index is 2.16. The van der Waals surface area contributed by atoms with Crippen LogP contribution in [0.5, 0.6) is 0 Å². The third-order valence-electron chi connectivity index (χ3n) is 3.65. The number of hydrogen-bond acceptors (Lipinski definition) is 5. The van der Waals surface area contributed by atoms with Crippen LogP contribution in [-0.4, -0.2) is 44.3 Å². The lowest BCUT2D eigenvalue weighted by Gasteiger charge is -2.27. The molecule has 1 N–H and O–H groups in total. The normalized spacial score (nSPS) is 19.6. The van der Waals surface area contributed by atoms with E-state index in [0.29, 0.717) is 6.54 Å². The number of hydrogen-bond donors (Lipinski definition) is 1. The SMILES string of the molecule is CN(CC1CCCNC1)S(=O)(=O)c1cccc([N+](=O)[O-])c1. The third-order valence-corrected chi connectivity index (χ3v) is 5.47. The van der Waals surface area contributed by atoms with Crippen LogP contribution in [0.25, 0.3) is 0 Å². The van der Waals surface area contributed by atoms with Gasteiger partial charge in [-0.1, -0.05) is 6.07 Å². The Morgan fingerprint density at radius 2 is 2.24 bits per heavy atom. The summed E-state index contributed by atoms with van der Waals surface area (Å²) in [7, 11) is -2.18. The Kier molecular flexibility index (Phi) is 4.92. The van der Waals surface area contributed by atoms with Crippen molar-refractivity contribution in [2.75, 3.05) is 26.7 Å². The third kappa shape index (κ3) is 3.78. The summed E-state index contributed by atoms with van der Waals surface area (Å²) >= 11 is 0. The molecule has 1 heterocycles. The molecule has 0 aliphatic carbocycles. The molecule has 1 aromatic rings. The standard InChI is InChI=1S/C13H19N3O4S/c1-15(10-11-4-3-7-14-9-11)21(19,20)13-6-2-5-12(8-13)16(17)18/h2,5-6,8,11,14H,3-4,7,9-10H2,1H3. The number of nitrogens with one attached hydrogen (secondary N) is 1. The first-order chi connectivity index (χ1) is 9.91. The fourth-order valence-corrected chi connectivity index (χ4v) is 3.77. The maximum absolute atomic E-state index is 12.5. The van der Waals surface area contributed by atoms with Crippen molar-refractivity contribution in [1.29, 1.82) is 0 Å². The first-order valence-electron chi connectivity index (χ1n) is 6.83. The Hall–Kier alpha value is -1.51. The fourth-order valence-electron chi connectivity index (χ4n) is 2.48. The van der Waals surface area contributed by atoms with Crippen molar-refractivity contribution < 1.29 is 13.3 Å². The summed E-state index contributed by atoms with van der Waals surface area (Å²) in [4.78, 5) is 10.1. The van der Waals surface area contributed by atoms with Crippen LogP contribution >= 0.6 is 0 Å². The summed E-state index contributed by atoms with van der Waals surface area (Å²) < 4.78 is 26.2. The number of sulfonamides is 1.